The first-order chi connectivity index (χ1) is 21.3. The van der Waals surface area contributed by atoms with E-state index in [0.29, 0.717) is 0 Å². The lowest BCUT2D eigenvalue weighted by molar-refractivity contribution is 1.18. The topological polar surface area (TPSA) is 30.7 Å². The standard InChI is InChI=1S/C40H27N3/c1-4-13-28(14-5-1)36-27-37(42-40(41-36)29-15-6-2-7-16-29)32-18-12-17-30(25-32)31-23-24-35-34-21-10-11-22-38(34)43(39(35)26-31)33-19-8-3-9-20-33/h1-27H. The van der Waals surface area contributed by atoms with Crippen molar-refractivity contribution in [2.75, 3.05) is 0 Å². The summed E-state index contributed by atoms with van der Waals surface area (Å²) in [6, 6.07) is 57.3. The van der Waals surface area contributed by atoms with E-state index in [2.05, 4.69) is 132 Å². The SMILES string of the molecule is c1ccc(-c2cc(-c3cccc(-c4ccc5c6ccccc6n(-c6ccccc6)c5c4)c3)nc(-c3ccccc3)n2)cc1. The number of hydrogen-bond donors (Lipinski definition) is 0. The Balaban J connectivity index is 1.28. The number of nitrogens with zero attached hydrogens (tertiary/aromatic N) is 3. The van der Waals surface area contributed by atoms with Gasteiger partial charge in [-0.05, 0) is 47.5 Å². The highest BCUT2D eigenvalue weighted by molar-refractivity contribution is 6.10. The average Bonchev–Trinajstić information content (AvgIpc) is 3.43. The Morgan fingerprint density at radius 3 is 1.67 bits per heavy atom. The summed E-state index contributed by atoms with van der Waals surface area (Å²) in [6.45, 7) is 0. The van der Waals surface area contributed by atoms with Crippen LogP contribution in [0.25, 0.3) is 72.5 Å². The van der Waals surface area contributed by atoms with Gasteiger partial charge in [-0.3, -0.25) is 0 Å². The minimum Gasteiger partial charge on any atom is -0.309 e. The highest BCUT2D eigenvalue weighted by Gasteiger charge is 2.14. The summed E-state index contributed by atoms with van der Waals surface area (Å²) in [6.07, 6.45) is 0. The fourth-order valence-electron chi connectivity index (χ4n) is 5.93. The molecule has 0 aliphatic carbocycles. The van der Waals surface area contributed by atoms with Crippen LogP contribution in [0.1, 0.15) is 0 Å². The zero-order valence-electron chi connectivity index (χ0n) is 23.4. The summed E-state index contributed by atoms with van der Waals surface area (Å²) in [5.41, 5.74) is 10.8. The third-order valence-electron chi connectivity index (χ3n) is 8.01. The van der Waals surface area contributed by atoms with E-state index in [1.165, 1.54) is 21.8 Å². The summed E-state index contributed by atoms with van der Waals surface area (Å²) in [4.78, 5) is 10.0. The zero-order chi connectivity index (χ0) is 28.6. The molecule has 8 aromatic rings. The molecule has 2 heterocycles. The van der Waals surface area contributed by atoms with Crippen LogP contribution in [0.4, 0.5) is 0 Å². The van der Waals surface area contributed by atoms with E-state index < -0.39 is 0 Å². The Morgan fingerprint density at radius 2 is 0.907 bits per heavy atom. The first-order valence-corrected chi connectivity index (χ1v) is 14.5. The van der Waals surface area contributed by atoms with Gasteiger partial charge in [0, 0.05) is 33.2 Å². The third kappa shape index (κ3) is 4.58. The van der Waals surface area contributed by atoms with Gasteiger partial charge in [-0.15, -0.1) is 0 Å². The van der Waals surface area contributed by atoms with Crippen LogP contribution in [0.5, 0.6) is 0 Å². The molecular weight excluding hydrogens is 522 g/mol. The van der Waals surface area contributed by atoms with Gasteiger partial charge in [0.05, 0.1) is 22.4 Å². The van der Waals surface area contributed by atoms with Crippen molar-refractivity contribution in [3.05, 3.63) is 164 Å². The molecule has 0 spiro atoms. The summed E-state index contributed by atoms with van der Waals surface area (Å²) >= 11 is 0. The van der Waals surface area contributed by atoms with E-state index in [0.717, 1.165) is 50.7 Å². The molecular formula is C40H27N3. The largest absolute Gasteiger partial charge is 0.309 e. The Hall–Kier alpha value is -5.80. The quantitative estimate of drug-likeness (QED) is 0.214. The fourth-order valence-corrected chi connectivity index (χ4v) is 5.93. The second-order valence-electron chi connectivity index (χ2n) is 10.7. The lowest BCUT2D eigenvalue weighted by atomic mass is 9.99. The van der Waals surface area contributed by atoms with Crippen molar-refractivity contribution < 1.29 is 0 Å². The van der Waals surface area contributed by atoms with Crippen molar-refractivity contribution in [2.24, 2.45) is 0 Å². The molecule has 0 bridgehead atoms. The Kier molecular flexibility index (Phi) is 6.12. The molecule has 0 saturated heterocycles. The number of benzene rings is 6. The van der Waals surface area contributed by atoms with Crippen LogP contribution in [0.15, 0.2) is 164 Å². The predicted octanol–water partition coefficient (Wildman–Crippen LogP) is 10.2. The summed E-state index contributed by atoms with van der Waals surface area (Å²) in [5, 5.41) is 2.50. The van der Waals surface area contributed by atoms with E-state index in [9.17, 15) is 0 Å². The molecule has 2 aromatic heterocycles. The number of hydrogen-bond acceptors (Lipinski definition) is 2. The summed E-state index contributed by atoms with van der Waals surface area (Å²) in [7, 11) is 0. The van der Waals surface area contributed by atoms with Crippen molar-refractivity contribution in [1.29, 1.82) is 0 Å². The van der Waals surface area contributed by atoms with Gasteiger partial charge in [-0.2, -0.15) is 0 Å². The molecule has 0 fully saturated rings. The van der Waals surface area contributed by atoms with Gasteiger partial charge in [-0.1, -0.05) is 127 Å². The van der Waals surface area contributed by atoms with Crippen molar-refractivity contribution in [2.45, 2.75) is 0 Å². The molecule has 0 aliphatic rings. The van der Waals surface area contributed by atoms with Crippen LogP contribution in [0.3, 0.4) is 0 Å². The number of aromatic nitrogens is 3. The maximum atomic E-state index is 5.05. The molecule has 0 amide bonds. The minimum atomic E-state index is 0.719. The first-order valence-electron chi connectivity index (χ1n) is 14.5. The lowest BCUT2D eigenvalue weighted by Crippen LogP contribution is -1.96. The minimum absolute atomic E-state index is 0.719. The molecule has 0 unspecified atom stereocenters. The lowest BCUT2D eigenvalue weighted by Gasteiger charge is -2.11. The maximum absolute atomic E-state index is 5.05. The monoisotopic (exact) mass is 549 g/mol. The predicted molar refractivity (Wildman–Crippen MR) is 178 cm³/mol. The van der Waals surface area contributed by atoms with E-state index in [1.54, 1.807) is 0 Å². The summed E-state index contributed by atoms with van der Waals surface area (Å²) < 4.78 is 2.36. The molecule has 202 valence electrons. The van der Waals surface area contributed by atoms with Gasteiger partial charge < -0.3 is 4.57 Å². The molecule has 0 atom stereocenters. The average molecular weight is 550 g/mol. The molecule has 3 heteroatoms. The number of para-hydroxylation sites is 2. The van der Waals surface area contributed by atoms with Gasteiger partial charge >= 0.3 is 0 Å². The molecule has 6 aromatic carbocycles. The van der Waals surface area contributed by atoms with Crippen LogP contribution in [0, 0.1) is 0 Å². The van der Waals surface area contributed by atoms with Gasteiger partial charge in [0.15, 0.2) is 5.82 Å². The van der Waals surface area contributed by atoms with E-state index in [1.807, 2.05) is 36.4 Å². The fraction of sp³-hybridized carbons (Fsp3) is 0. The molecule has 8 rings (SSSR count). The number of rotatable bonds is 5. The normalized spacial score (nSPS) is 11.3. The van der Waals surface area contributed by atoms with Gasteiger partial charge in [0.25, 0.3) is 0 Å². The van der Waals surface area contributed by atoms with Gasteiger partial charge in [0.1, 0.15) is 0 Å². The zero-order valence-corrected chi connectivity index (χ0v) is 23.4. The second-order valence-corrected chi connectivity index (χ2v) is 10.7. The van der Waals surface area contributed by atoms with E-state index in [4.69, 9.17) is 9.97 Å². The molecule has 0 aliphatic heterocycles. The molecule has 3 nitrogen and oxygen atoms in total. The Bertz CT molecular complexity index is 2160. The van der Waals surface area contributed by atoms with Crippen LogP contribution in [-0.4, -0.2) is 14.5 Å². The van der Waals surface area contributed by atoms with Crippen molar-refractivity contribution in [1.82, 2.24) is 14.5 Å². The van der Waals surface area contributed by atoms with E-state index in [-0.39, 0.29) is 0 Å². The van der Waals surface area contributed by atoms with Crippen LogP contribution >= 0.6 is 0 Å². The highest BCUT2D eigenvalue weighted by Crippen LogP contribution is 2.36. The maximum Gasteiger partial charge on any atom is 0.160 e. The van der Waals surface area contributed by atoms with Crippen molar-refractivity contribution in [3.8, 4) is 50.7 Å². The van der Waals surface area contributed by atoms with Crippen molar-refractivity contribution in [3.63, 3.8) is 0 Å². The second kappa shape index (κ2) is 10.6. The Labute approximate surface area is 250 Å². The number of fused-ring (bicyclic) bond motifs is 3. The van der Waals surface area contributed by atoms with E-state index >= 15 is 0 Å². The highest BCUT2D eigenvalue weighted by atomic mass is 15.0. The van der Waals surface area contributed by atoms with Crippen LogP contribution in [-0.2, 0) is 0 Å². The molecule has 0 saturated carbocycles. The molecule has 43 heavy (non-hydrogen) atoms. The summed E-state index contributed by atoms with van der Waals surface area (Å²) in [5.74, 6) is 0.719. The van der Waals surface area contributed by atoms with Gasteiger partial charge in [0.2, 0.25) is 0 Å². The smallest absolute Gasteiger partial charge is 0.160 e. The molecule has 0 N–H and O–H groups in total. The third-order valence-corrected chi connectivity index (χ3v) is 8.01. The first kappa shape index (κ1) is 25.0. The van der Waals surface area contributed by atoms with Crippen LogP contribution < -0.4 is 0 Å². The van der Waals surface area contributed by atoms with Gasteiger partial charge in [-0.25, -0.2) is 9.97 Å². The Morgan fingerprint density at radius 1 is 0.349 bits per heavy atom. The molecule has 0 radical (unpaired) electrons. The van der Waals surface area contributed by atoms with Crippen LogP contribution in [0.2, 0.25) is 0 Å². The van der Waals surface area contributed by atoms with Crippen molar-refractivity contribution >= 4 is 21.8 Å².